The number of rotatable bonds is 2. The quantitative estimate of drug-likeness (QED) is 0.359. The van der Waals surface area contributed by atoms with Gasteiger partial charge < -0.3 is 9.80 Å². The van der Waals surface area contributed by atoms with Crippen LogP contribution >= 0.6 is 0 Å². The second kappa shape index (κ2) is 8.02. The van der Waals surface area contributed by atoms with Crippen molar-refractivity contribution in [3.8, 4) is 12.1 Å². The van der Waals surface area contributed by atoms with Gasteiger partial charge in [-0.25, -0.2) is 17.8 Å². The Kier molecular flexibility index (Phi) is 4.69. The van der Waals surface area contributed by atoms with Gasteiger partial charge in [0.25, 0.3) is 0 Å². The highest BCUT2D eigenvalue weighted by molar-refractivity contribution is 5.76. The van der Waals surface area contributed by atoms with E-state index in [0.717, 1.165) is 29.3 Å². The van der Waals surface area contributed by atoms with Gasteiger partial charge in [-0.15, -0.1) is 0 Å². The van der Waals surface area contributed by atoms with Gasteiger partial charge in [-0.3, -0.25) is 4.68 Å². The van der Waals surface area contributed by atoms with Crippen LogP contribution in [0.1, 0.15) is 41.3 Å². The molecule has 7 rings (SSSR count). The molecule has 0 N–H and O–H groups in total. The van der Waals surface area contributed by atoms with Crippen molar-refractivity contribution >= 4 is 22.4 Å². The molecule has 1 atom stereocenters. The fourth-order valence-electron chi connectivity index (χ4n) is 5.79. The summed E-state index contributed by atoms with van der Waals surface area (Å²) in [7, 11) is 0. The fourth-order valence-corrected chi connectivity index (χ4v) is 5.79. The average Bonchev–Trinajstić information content (AvgIpc) is 3.63. The summed E-state index contributed by atoms with van der Waals surface area (Å²) in [6, 6.07) is 11.0. The van der Waals surface area contributed by atoms with Crippen LogP contribution in [0, 0.1) is 34.3 Å². The molecule has 7 heterocycles. The molecule has 5 aromatic rings. The standard InChI is InChI=1S/C26H20F2N10/c1-15-12-35(23-5-3-17(9-30)38-26(23)20(28)11-32-38)14-24-18-13-34(7-6-21(18)33-36(15)24)22-4-2-16(8-29)37-25(22)19(27)10-31-37/h2-5,10-11,15H,6-7,12-14H2,1H3/t15-/m1/s1. The molecule has 0 bridgehead atoms. The van der Waals surface area contributed by atoms with Crippen molar-refractivity contribution < 1.29 is 8.78 Å². The first kappa shape index (κ1) is 22.2. The summed E-state index contributed by atoms with van der Waals surface area (Å²) in [6.07, 6.45) is 2.94. The van der Waals surface area contributed by atoms with Crippen LogP contribution in [-0.4, -0.2) is 42.1 Å². The lowest BCUT2D eigenvalue weighted by molar-refractivity contribution is 0.424. The van der Waals surface area contributed by atoms with Gasteiger partial charge in [0.1, 0.15) is 34.6 Å². The molecule has 2 aliphatic rings. The number of nitrogens with zero attached hydrogens (tertiary/aromatic N) is 10. The number of fused-ring (bicyclic) bond motifs is 5. The number of aromatic nitrogens is 6. The van der Waals surface area contributed by atoms with Gasteiger partial charge in [-0.05, 0) is 31.2 Å². The predicted molar refractivity (Wildman–Crippen MR) is 132 cm³/mol. The lowest BCUT2D eigenvalue weighted by Crippen LogP contribution is -2.38. The van der Waals surface area contributed by atoms with Gasteiger partial charge in [-0.1, -0.05) is 0 Å². The number of nitriles is 2. The van der Waals surface area contributed by atoms with Crippen LogP contribution in [0.3, 0.4) is 0 Å². The molecule has 0 fully saturated rings. The second-order valence-corrected chi connectivity index (χ2v) is 9.65. The first-order valence-corrected chi connectivity index (χ1v) is 12.2. The largest absolute Gasteiger partial charge is 0.365 e. The van der Waals surface area contributed by atoms with Crippen molar-refractivity contribution in [3.05, 3.63) is 76.6 Å². The highest BCUT2D eigenvalue weighted by atomic mass is 19.1. The molecule has 2 aliphatic heterocycles. The second-order valence-electron chi connectivity index (χ2n) is 9.65. The molecule has 0 amide bonds. The Morgan fingerprint density at radius 2 is 1.47 bits per heavy atom. The van der Waals surface area contributed by atoms with E-state index in [2.05, 4.69) is 39.1 Å². The molecule has 0 spiro atoms. The molecule has 10 nitrogen and oxygen atoms in total. The summed E-state index contributed by atoms with van der Waals surface area (Å²) in [5.74, 6) is -0.961. The van der Waals surface area contributed by atoms with E-state index in [9.17, 15) is 19.3 Å². The number of pyridine rings is 2. The zero-order chi connectivity index (χ0) is 26.1. The first-order chi connectivity index (χ1) is 18.5. The molecule has 12 heteroatoms. The Morgan fingerprint density at radius 3 is 2.08 bits per heavy atom. The van der Waals surface area contributed by atoms with Crippen LogP contribution < -0.4 is 9.80 Å². The fraction of sp³-hybridized carbons (Fsp3) is 0.269. The van der Waals surface area contributed by atoms with Crippen molar-refractivity contribution in [2.75, 3.05) is 22.9 Å². The van der Waals surface area contributed by atoms with Crippen molar-refractivity contribution in [2.45, 2.75) is 32.5 Å². The summed E-state index contributed by atoms with van der Waals surface area (Å²) in [5, 5.41) is 31.9. The van der Waals surface area contributed by atoms with Crippen molar-refractivity contribution in [1.29, 1.82) is 10.5 Å². The van der Waals surface area contributed by atoms with Gasteiger partial charge in [0, 0.05) is 31.6 Å². The third-order valence-corrected chi connectivity index (χ3v) is 7.51. The maximum atomic E-state index is 14.8. The van der Waals surface area contributed by atoms with E-state index in [-0.39, 0.29) is 28.5 Å². The lowest BCUT2D eigenvalue weighted by atomic mass is 10.0. The molecule has 0 radical (unpaired) electrons. The molecular weight excluding hydrogens is 490 g/mol. The third-order valence-electron chi connectivity index (χ3n) is 7.51. The number of hydrogen-bond donors (Lipinski definition) is 0. The minimum Gasteiger partial charge on any atom is -0.365 e. The maximum absolute atomic E-state index is 14.8. The minimum absolute atomic E-state index is 0.0216. The molecule has 0 saturated carbocycles. The Labute approximate surface area is 215 Å². The van der Waals surface area contributed by atoms with Crippen LogP contribution in [-0.2, 0) is 19.5 Å². The van der Waals surface area contributed by atoms with Crippen molar-refractivity contribution in [3.63, 3.8) is 0 Å². The van der Waals surface area contributed by atoms with Crippen LogP contribution in [0.2, 0.25) is 0 Å². The zero-order valence-corrected chi connectivity index (χ0v) is 20.3. The van der Waals surface area contributed by atoms with Crippen LogP contribution in [0.5, 0.6) is 0 Å². The van der Waals surface area contributed by atoms with E-state index in [1.807, 2.05) is 4.68 Å². The third kappa shape index (κ3) is 3.03. The van der Waals surface area contributed by atoms with E-state index in [1.54, 1.807) is 24.3 Å². The number of halogens is 2. The Morgan fingerprint density at radius 1 is 0.868 bits per heavy atom. The monoisotopic (exact) mass is 510 g/mol. The molecule has 0 aromatic carbocycles. The van der Waals surface area contributed by atoms with Gasteiger partial charge in [0.15, 0.2) is 11.6 Å². The highest BCUT2D eigenvalue weighted by Gasteiger charge is 2.33. The van der Waals surface area contributed by atoms with Crippen molar-refractivity contribution in [1.82, 2.24) is 29.0 Å². The summed E-state index contributed by atoms with van der Waals surface area (Å²) < 4.78 is 34.3. The van der Waals surface area contributed by atoms with Gasteiger partial charge in [0.2, 0.25) is 0 Å². The molecule has 0 aliphatic carbocycles. The normalized spacial score (nSPS) is 16.9. The Hall–Kier alpha value is -4.97. The van der Waals surface area contributed by atoms with E-state index < -0.39 is 11.6 Å². The molecular formula is C26H20F2N10. The summed E-state index contributed by atoms with van der Waals surface area (Å²) >= 11 is 0. The van der Waals surface area contributed by atoms with E-state index in [0.29, 0.717) is 44.0 Å². The van der Waals surface area contributed by atoms with E-state index in [4.69, 9.17) is 5.10 Å². The molecule has 0 unspecified atom stereocenters. The molecule has 188 valence electrons. The van der Waals surface area contributed by atoms with Crippen LogP contribution in [0.4, 0.5) is 20.2 Å². The van der Waals surface area contributed by atoms with Gasteiger partial charge in [-0.2, -0.15) is 25.8 Å². The summed E-state index contributed by atoms with van der Waals surface area (Å²) in [5.41, 5.74) is 5.49. The lowest BCUT2D eigenvalue weighted by Gasteiger charge is -2.35. The molecule has 5 aromatic heterocycles. The molecule has 0 saturated heterocycles. The maximum Gasteiger partial charge on any atom is 0.171 e. The van der Waals surface area contributed by atoms with E-state index in [1.165, 1.54) is 9.03 Å². The number of anilines is 2. The predicted octanol–water partition coefficient (Wildman–Crippen LogP) is 3.34. The Balaban J connectivity index is 1.29. The molecule has 38 heavy (non-hydrogen) atoms. The SMILES string of the molecule is C[C@@H]1CN(c2ccc(C#N)n3ncc(F)c23)Cc2c3c(nn21)CCN(c1ccc(C#N)n2ncc(F)c12)C3. The highest BCUT2D eigenvalue weighted by Crippen LogP contribution is 2.36. The van der Waals surface area contributed by atoms with Gasteiger partial charge >= 0.3 is 0 Å². The smallest absolute Gasteiger partial charge is 0.171 e. The summed E-state index contributed by atoms with van der Waals surface area (Å²) in [6.45, 7) is 4.34. The minimum atomic E-state index is -0.482. The van der Waals surface area contributed by atoms with Crippen molar-refractivity contribution in [2.24, 2.45) is 0 Å². The topological polar surface area (TPSA) is 106 Å². The zero-order valence-electron chi connectivity index (χ0n) is 20.3. The van der Waals surface area contributed by atoms with Crippen LogP contribution in [0.25, 0.3) is 11.0 Å². The summed E-state index contributed by atoms with van der Waals surface area (Å²) in [4.78, 5) is 4.19. The number of hydrogen-bond acceptors (Lipinski definition) is 7. The van der Waals surface area contributed by atoms with Gasteiger partial charge in [0.05, 0.1) is 47.7 Å². The first-order valence-electron chi connectivity index (χ1n) is 12.2. The van der Waals surface area contributed by atoms with Crippen LogP contribution in [0.15, 0.2) is 36.7 Å². The average molecular weight is 511 g/mol. The van der Waals surface area contributed by atoms with E-state index >= 15 is 0 Å². The Bertz CT molecular complexity index is 1850.